The summed E-state index contributed by atoms with van der Waals surface area (Å²) < 4.78 is 13.6. The zero-order chi connectivity index (χ0) is 47.5. The van der Waals surface area contributed by atoms with Gasteiger partial charge >= 0.3 is 0 Å². The number of hydrogen-bond donors (Lipinski definition) is 0. The van der Waals surface area contributed by atoms with Gasteiger partial charge in [0.15, 0.2) is 5.58 Å². The maximum atomic E-state index is 6.94. The van der Waals surface area contributed by atoms with Crippen LogP contribution in [0.25, 0.3) is 88.0 Å². The monoisotopic (exact) mass is 920 g/mol. The Kier molecular flexibility index (Phi) is 9.82. The summed E-state index contributed by atoms with van der Waals surface area (Å²) in [5, 5.41) is 6.84. The van der Waals surface area contributed by atoms with E-state index in [1.165, 1.54) is 21.7 Å². The number of para-hydroxylation sites is 5. The van der Waals surface area contributed by atoms with Crippen LogP contribution in [-0.4, -0.2) is 0 Å². The van der Waals surface area contributed by atoms with Crippen molar-refractivity contribution in [1.29, 1.82) is 0 Å². The third kappa shape index (κ3) is 6.92. The van der Waals surface area contributed by atoms with E-state index in [0.29, 0.717) is 0 Å². The Morgan fingerprint density at radius 3 is 1.60 bits per heavy atom. The number of rotatable bonds is 9. The fraction of sp³-hybridized carbons (Fsp3) is 0. The van der Waals surface area contributed by atoms with Gasteiger partial charge in [-0.15, -0.1) is 0 Å². The Bertz CT molecular complexity index is 4180. The second kappa shape index (κ2) is 17.1. The lowest BCUT2D eigenvalue weighted by Crippen LogP contribution is -2.11. The Hall–Kier alpha value is -9.64. The van der Waals surface area contributed by atoms with Crippen molar-refractivity contribution in [2.45, 2.75) is 0 Å². The molecule has 0 radical (unpaired) electrons. The third-order valence-electron chi connectivity index (χ3n) is 14.2. The predicted molar refractivity (Wildman–Crippen MR) is 300 cm³/mol. The minimum Gasteiger partial charge on any atom is -0.456 e. The molecule has 0 bridgehead atoms. The smallest absolute Gasteiger partial charge is 0.159 e. The molecule has 1 aliphatic heterocycles. The van der Waals surface area contributed by atoms with Crippen molar-refractivity contribution in [2.75, 3.05) is 9.80 Å². The number of ether oxygens (including phenoxy) is 1. The topological polar surface area (TPSA) is 28.9 Å². The number of nitrogens with zero attached hydrogens (tertiary/aromatic N) is 2. The van der Waals surface area contributed by atoms with Crippen LogP contribution in [0.15, 0.2) is 271 Å². The molecular formula is C68H44N2O2. The fourth-order valence-corrected chi connectivity index (χ4v) is 10.9. The first kappa shape index (κ1) is 41.3. The highest BCUT2D eigenvalue weighted by molar-refractivity contribution is 6.18. The van der Waals surface area contributed by atoms with Crippen molar-refractivity contribution in [2.24, 2.45) is 0 Å². The van der Waals surface area contributed by atoms with Crippen molar-refractivity contribution >= 4 is 77.6 Å². The molecule has 1 aliphatic rings. The molecule has 2 heterocycles. The molecule has 0 N–H and O–H groups in total. The maximum absolute atomic E-state index is 6.94. The van der Waals surface area contributed by atoms with E-state index in [1.807, 2.05) is 12.1 Å². The first-order chi connectivity index (χ1) is 35.7. The molecule has 12 aromatic carbocycles. The van der Waals surface area contributed by atoms with Crippen LogP contribution in [0.1, 0.15) is 0 Å². The molecule has 0 unspecified atom stereocenters. The molecule has 0 fully saturated rings. The number of anilines is 6. The largest absolute Gasteiger partial charge is 0.456 e. The molecule has 0 spiro atoms. The summed E-state index contributed by atoms with van der Waals surface area (Å²) in [5.41, 5.74) is 17.1. The Labute approximate surface area is 417 Å². The van der Waals surface area contributed by atoms with Crippen LogP contribution >= 0.6 is 0 Å². The predicted octanol–water partition coefficient (Wildman–Crippen LogP) is 19.6. The van der Waals surface area contributed by atoms with Crippen LogP contribution < -0.4 is 14.5 Å². The zero-order valence-corrected chi connectivity index (χ0v) is 39.1. The van der Waals surface area contributed by atoms with E-state index in [0.717, 1.165) is 112 Å². The van der Waals surface area contributed by atoms with Crippen LogP contribution in [0.2, 0.25) is 0 Å². The molecule has 72 heavy (non-hydrogen) atoms. The second-order valence-corrected chi connectivity index (χ2v) is 18.4. The lowest BCUT2D eigenvalue weighted by atomic mass is 9.89. The molecule has 0 saturated heterocycles. The van der Waals surface area contributed by atoms with Gasteiger partial charge in [-0.3, -0.25) is 0 Å². The average Bonchev–Trinajstić information content (AvgIpc) is 3.84. The van der Waals surface area contributed by atoms with Crippen LogP contribution in [0.5, 0.6) is 11.5 Å². The van der Waals surface area contributed by atoms with Gasteiger partial charge in [0.05, 0.1) is 17.1 Å². The van der Waals surface area contributed by atoms with Crippen LogP contribution in [0.4, 0.5) is 34.1 Å². The molecule has 0 saturated carbocycles. The van der Waals surface area contributed by atoms with Gasteiger partial charge in [-0.2, -0.15) is 0 Å². The van der Waals surface area contributed by atoms with E-state index in [9.17, 15) is 0 Å². The standard InChI is InChI=1S/C68H44N2O2/c1-4-18-46(19-5-1)53-24-10-13-29-61(53)69(50-22-8-3-9-23-50)52-40-41-56-60-43-49-35-34-48(42-59(49)57-27-17-33-65(67(57)60)71-66(56)44-52)45-36-38-51(39-37-45)70(62-30-14-11-25-54(62)47-20-6-2-7-21-47)63-31-16-28-58-55-26-12-15-32-64(55)72-68(58)63/h1-44H. The molecule has 338 valence electrons. The summed E-state index contributed by atoms with van der Waals surface area (Å²) in [7, 11) is 0. The van der Waals surface area contributed by atoms with Gasteiger partial charge in [0.2, 0.25) is 0 Å². The highest BCUT2D eigenvalue weighted by Crippen LogP contribution is 2.52. The Balaban J connectivity index is 0.855. The van der Waals surface area contributed by atoms with Crippen molar-refractivity contribution in [3.63, 3.8) is 0 Å². The lowest BCUT2D eigenvalue weighted by molar-refractivity contribution is 0.487. The van der Waals surface area contributed by atoms with E-state index in [4.69, 9.17) is 9.15 Å². The summed E-state index contributed by atoms with van der Waals surface area (Å²) in [5.74, 6) is 1.69. The Morgan fingerprint density at radius 1 is 0.278 bits per heavy atom. The molecule has 1 aromatic heterocycles. The fourth-order valence-electron chi connectivity index (χ4n) is 10.9. The van der Waals surface area contributed by atoms with Gasteiger partial charge in [-0.05, 0) is 123 Å². The van der Waals surface area contributed by atoms with Gasteiger partial charge in [0, 0.05) is 56.0 Å². The molecule has 0 atom stereocenters. The van der Waals surface area contributed by atoms with Crippen molar-refractivity contribution < 1.29 is 9.15 Å². The van der Waals surface area contributed by atoms with Crippen molar-refractivity contribution in [1.82, 2.24) is 0 Å². The van der Waals surface area contributed by atoms with Gasteiger partial charge in [-0.1, -0.05) is 182 Å². The minimum atomic E-state index is 0.832. The van der Waals surface area contributed by atoms with E-state index in [-0.39, 0.29) is 0 Å². The lowest BCUT2D eigenvalue weighted by Gasteiger charge is -2.29. The van der Waals surface area contributed by atoms with Gasteiger partial charge in [-0.25, -0.2) is 0 Å². The molecular weight excluding hydrogens is 877 g/mol. The van der Waals surface area contributed by atoms with Crippen LogP contribution in [0.3, 0.4) is 0 Å². The number of hydrogen-bond acceptors (Lipinski definition) is 4. The first-order valence-electron chi connectivity index (χ1n) is 24.5. The quantitative estimate of drug-likeness (QED) is 0.135. The normalized spacial score (nSPS) is 11.7. The second-order valence-electron chi connectivity index (χ2n) is 18.4. The van der Waals surface area contributed by atoms with E-state index >= 15 is 0 Å². The van der Waals surface area contributed by atoms with Gasteiger partial charge in [0.1, 0.15) is 17.1 Å². The zero-order valence-electron chi connectivity index (χ0n) is 39.1. The number of benzene rings is 12. The SMILES string of the molecule is c1ccc(-c2ccccc2N(c2ccccc2)c2ccc3c(c2)Oc2cccc4c2c-3cc2ccc(-c3ccc(N(c5ccccc5-c5ccccc5)c5cccc6c5oc5ccccc56)cc3)cc24)cc1. The first-order valence-corrected chi connectivity index (χ1v) is 24.5. The van der Waals surface area contributed by atoms with Crippen molar-refractivity contribution in [3.8, 4) is 56.0 Å². The molecule has 4 heteroatoms. The van der Waals surface area contributed by atoms with E-state index in [1.54, 1.807) is 0 Å². The molecule has 4 nitrogen and oxygen atoms in total. The maximum Gasteiger partial charge on any atom is 0.159 e. The molecule has 13 aromatic rings. The number of fused-ring (bicyclic) bond motifs is 7. The Morgan fingerprint density at radius 2 is 0.847 bits per heavy atom. The van der Waals surface area contributed by atoms with Crippen LogP contribution in [0, 0.1) is 0 Å². The summed E-state index contributed by atoms with van der Waals surface area (Å²) >= 11 is 0. The third-order valence-corrected chi connectivity index (χ3v) is 14.2. The van der Waals surface area contributed by atoms with E-state index < -0.39 is 0 Å². The van der Waals surface area contributed by atoms with Gasteiger partial charge < -0.3 is 19.0 Å². The molecule has 0 amide bonds. The van der Waals surface area contributed by atoms with Crippen LogP contribution in [-0.2, 0) is 0 Å². The highest BCUT2D eigenvalue weighted by Gasteiger charge is 2.26. The summed E-state index contributed by atoms with van der Waals surface area (Å²) in [6, 6.07) is 95.1. The summed E-state index contributed by atoms with van der Waals surface area (Å²) in [4.78, 5) is 4.68. The van der Waals surface area contributed by atoms with Gasteiger partial charge in [0.25, 0.3) is 0 Å². The number of furan rings is 1. The van der Waals surface area contributed by atoms with E-state index in [2.05, 4.69) is 265 Å². The average molecular weight is 921 g/mol. The summed E-state index contributed by atoms with van der Waals surface area (Å²) in [6.45, 7) is 0. The molecule has 0 aliphatic carbocycles. The highest BCUT2D eigenvalue weighted by atomic mass is 16.5. The van der Waals surface area contributed by atoms with Crippen molar-refractivity contribution in [3.05, 3.63) is 267 Å². The molecule has 14 rings (SSSR count). The summed E-state index contributed by atoms with van der Waals surface area (Å²) in [6.07, 6.45) is 0. The minimum absolute atomic E-state index is 0.832.